The highest BCUT2D eigenvalue weighted by molar-refractivity contribution is 5.96. The van der Waals surface area contributed by atoms with E-state index in [9.17, 15) is 19.7 Å². The van der Waals surface area contributed by atoms with Crippen molar-refractivity contribution in [3.63, 3.8) is 0 Å². The Morgan fingerprint density at radius 2 is 2.11 bits per heavy atom. The minimum Gasteiger partial charge on any atom is -0.353 e. The summed E-state index contributed by atoms with van der Waals surface area (Å²) in [5.41, 5.74) is 0.116. The van der Waals surface area contributed by atoms with Crippen LogP contribution in [0.4, 0.5) is 5.69 Å². The third kappa shape index (κ3) is 2.80. The molecule has 96 valence electrons. The van der Waals surface area contributed by atoms with E-state index in [0.29, 0.717) is 25.9 Å². The highest BCUT2D eigenvalue weighted by Gasteiger charge is 2.21. The molecule has 0 aliphatic carbocycles. The smallest absolute Gasteiger partial charge is 0.287 e. The summed E-state index contributed by atoms with van der Waals surface area (Å²) in [7, 11) is 0. The lowest BCUT2D eigenvalue weighted by molar-refractivity contribution is -0.384. The first-order valence-electron chi connectivity index (χ1n) is 5.66. The number of hydrogen-bond donors (Lipinski definition) is 1. The van der Waals surface area contributed by atoms with Crippen LogP contribution in [0.25, 0.3) is 0 Å². The minimum absolute atomic E-state index is 0.118. The van der Waals surface area contributed by atoms with E-state index < -0.39 is 4.92 Å². The first-order valence-corrected chi connectivity index (χ1v) is 5.66. The van der Waals surface area contributed by atoms with Gasteiger partial charge in [0.15, 0.2) is 5.78 Å². The molecule has 1 aromatic heterocycles. The lowest BCUT2D eigenvalue weighted by Crippen LogP contribution is -2.37. The summed E-state index contributed by atoms with van der Waals surface area (Å²) in [6.07, 6.45) is 2.14. The van der Waals surface area contributed by atoms with Crippen molar-refractivity contribution in [1.29, 1.82) is 0 Å². The molecule has 1 aliphatic heterocycles. The van der Waals surface area contributed by atoms with Gasteiger partial charge in [0.2, 0.25) is 0 Å². The van der Waals surface area contributed by atoms with Crippen LogP contribution in [0.2, 0.25) is 0 Å². The predicted octanol–water partition coefficient (Wildman–Crippen LogP) is 0.770. The molecule has 1 aromatic rings. The Morgan fingerprint density at radius 3 is 2.67 bits per heavy atom. The van der Waals surface area contributed by atoms with Gasteiger partial charge >= 0.3 is 0 Å². The van der Waals surface area contributed by atoms with Gasteiger partial charge < -0.3 is 4.98 Å². The van der Waals surface area contributed by atoms with Crippen molar-refractivity contribution in [3.05, 3.63) is 28.1 Å². The van der Waals surface area contributed by atoms with Gasteiger partial charge in [-0.05, 0) is 0 Å². The summed E-state index contributed by atoms with van der Waals surface area (Å²) >= 11 is 0. The molecule has 2 rings (SSSR count). The number of likely N-dealkylation sites (tertiary alicyclic amines) is 1. The van der Waals surface area contributed by atoms with E-state index in [-0.39, 0.29) is 29.5 Å². The van der Waals surface area contributed by atoms with Crippen molar-refractivity contribution in [2.75, 3.05) is 19.6 Å². The van der Waals surface area contributed by atoms with Crippen molar-refractivity contribution >= 4 is 17.3 Å². The first-order chi connectivity index (χ1) is 8.56. The summed E-state index contributed by atoms with van der Waals surface area (Å²) in [6, 6.07) is 1.23. The van der Waals surface area contributed by atoms with Crippen molar-refractivity contribution in [1.82, 2.24) is 9.88 Å². The Hall–Kier alpha value is -2.02. The molecule has 0 saturated carbocycles. The topological polar surface area (TPSA) is 96.3 Å². The van der Waals surface area contributed by atoms with E-state index in [1.165, 1.54) is 12.3 Å². The maximum atomic E-state index is 11.8. The SMILES string of the molecule is O=C1CCN(CC(=O)c2cc([N+](=O)[O-])c[nH]2)CC1. The fourth-order valence-electron chi connectivity index (χ4n) is 1.90. The van der Waals surface area contributed by atoms with Gasteiger partial charge in [0.1, 0.15) is 5.78 Å². The number of carbonyl (C=O) groups is 2. The molecule has 2 heterocycles. The molecule has 1 saturated heterocycles. The zero-order valence-electron chi connectivity index (χ0n) is 9.72. The van der Waals surface area contributed by atoms with Crippen LogP contribution in [0.1, 0.15) is 23.3 Å². The molecule has 0 radical (unpaired) electrons. The number of ketones is 2. The Bertz CT molecular complexity index is 484. The maximum absolute atomic E-state index is 11.8. The molecule has 0 bridgehead atoms. The van der Waals surface area contributed by atoms with Crippen molar-refractivity contribution < 1.29 is 14.5 Å². The average molecular weight is 251 g/mol. The second-order valence-corrected chi connectivity index (χ2v) is 4.27. The van der Waals surface area contributed by atoms with Gasteiger partial charge in [-0.2, -0.15) is 0 Å². The molecule has 1 N–H and O–H groups in total. The summed E-state index contributed by atoms with van der Waals surface area (Å²) < 4.78 is 0. The maximum Gasteiger partial charge on any atom is 0.287 e. The zero-order chi connectivity index (χ0) is 13.1. The van der Waals surface area contributed by atoms with Gasteiger partial charge in [0.25, 0.3) is 5.69 Å². The first kappa shape index (κ1) is 12.4. The predicted molar refractivity (Wildman–Crippen MR) is 62.5 cm³/mol. The number of hydrogen-bond acceptors (Lipinski definition) is 5. The van der Waals surface area contributed by atoms with Gasteiger partial charge in [-0.15, -0.1) is 0 Å². The second-order valence-electron chi connectivity index (χ2n) is 4.27. The van der Waals surface area contributed by atoms with Crippen LogP contribution >= 0.6 is 0 Å². The molecule has 0 spiro atoms. The lowest BCUT2D eigenvalue weighted by Gasteiger charge is -2.24. The lowest BCUT2D eigenvalue weighted by atomic mass is 10.1. The normalized spacial score (nSPS) is 16.8. The molecule has 0 aromatic carbocycles. The number of nitrogens with one attached hydrogen (secondary N) is 1. The van der Waals surface area contributed by atoms with Gasteiger partial charge in [0.05, 0.1) is 23.4 Å². The van der Waals surface area contributed by atoms with E-state index in [0.717, 1.165) is 0 Å². The van der Waals surface area contributed by atoms with E-state index in [4.69, 9.17) is 0 Å². The number of piperidine rings is 1. The van der Waals surface area contributed by atoms with Crippen LogP contribution in [0.3, 0.4) is 0 Å². The zero-order valence-corrected chi connectivity index (χ0v) is 9.72. The number of aromatic amines is 1. The van der Waals surface area contributed by atoms with Crippen LogP contribution in [-0.2, 0) is 4.79 Å². The van der Waals surface area contributed by atoms with Gasteiger partial charge in [0, 0.05) is 32.0 Å². The number of nitrogens with zero attached hydrogens (tertiary/aromatic N) is 2. The molecule has 1 aliphatic rings. The van der Waals surface area contributed by atoms with E-state index in [1.807, 2.05) is 4.90 Å². The molecular weight excluding hydrogens is 238 g/mol. The highest BCUT2D eigenvalue weighted by atomic mass is 16.6. The number of rotatable bonds is 4. The minimum atomic E-state index is -0.549. The van der Waals surface area contributed by atoms with Crippen molar-refractivity contribution in [3.8, 4) is 0 Å². The molecule has 7 nitrogen and oxygen atoms in total. The molecule has 0 unspecified atom stereocenters. The summed E-state index contributed by atoms with van der Waals surface area (Å²) in [5, 5.41) is 10.5. The van der Waals surface area contributed by atoms with Crippen LogP contribution in [0.15, 0.2) is 12.3 Å². The number of nitro groups is 1. The monoisotopic (exact) mass is 251 g/mol. The van der Waals surface area contributed by atoms with Crippen LogP contribution in [-0.4, -0.2) is 46.0 Å². The third-order valence-corrected chi connectivity index (χ3v) is 2.96. The van der Waals surface area contributed by atoms with E-state index in [2.05, 4.69) is 4.98 Å². The largest absolute Gasteiger partial charge is 0.353 e. The fourth-order valence-corrected chi connectivity index (χ4v) is 1.90. The Kier molecular flexibility index (Phi) is 3.52. The fraction of sp³-hybridized carbons (Fsp3) is 0.455. The Labute approximate surface area is 103 Å². The Morgan fingerprint density at radius 1 is 1.44 bits per heavy atom. The van der Waals surface area contributed by atoms with Gasteiger partial charge in [-0.25, -0.2) is 0 Å². The summed E-state index contributed by atoms with van der Waals surface area (Å²) in [5.74, 6) is 0.0201. The number of Topliss-reactive ketones (excluding diaryl/α,β-unsaturated/α-hetero) is 2. The average Bonchev–Trinajstić information content (AvgIpc) is 2.81. The van der Waals surface area contributed by atoms with Gasteiger partial charge in [-0.1, -0.05) is 0 Å². The molecule has 1 fully saturated rings. The highest BCUT2D eigenvalue weighted by Crippen LogP contribution is 2.13. The summed E-state index contributed by atoms with van der Waals surface area (Å²) in [4.78, 5) is 37.3. The Balaban J connectivity index is 1.94. The summed E-state index contributed by atoms with van der Waals surface area (Å²) in [6.45, 7) is 1.34. The second kappa shape index (κ2) is 5.09. The third-order valence-electron chi connectivity index (χ3n) is 2.96. The van der Waals surface area contributed by atoms with Gasteiger partial charge in [-0.3, -0.25) is 24.6 Å². The molecular formula is C11H13N3O4. The van der Waals surface area contributed by atoms with Crippen LogP contribution < -0.4 is 0 Å². The molecule has 18 heavy (non-hydrogen) atoms. The number of H-pyrrole nitrogens is 1. The van der Waals surface area contributed by atoms with Crippen LogP contribution in [0, 0.1) is 10.1 Å². The number of carbonyl (C=O) groups excluding carboxylic acids is 2. The molecule has 0 atom stereocenters. The quantitative estimate of drug-likeness (QED) is 0.484. The van der Waals surface area contributed by atoms with Crippen molar-refractivity contribution in [2.24, 2.45) is 0 Å². The molecule has 7 heteroatoms. The van der Waals surface area contributed by atoms with Crippen LogP contribution in [0.5, 0.6) is 0 Å². The number of aromatic nitrogens is 1. The van der Waals surface area contributed by atoms with Crippen molar-refractivity contribution in [2.45, 2.75) is 12.8 Å². The van der Waals surface area contributed by atoms with E-state index in [1.54, 1.807) is 0 Å². The standard InChI is InChI=1S/C11H13N3O4/c15-9-1-3-13(4-2-9)7-11(16)10-5-8(6-12-10)14(17)18/h5-6,12H,1-4,7H2. The molecule has 0 amide bonds. The van der Waals surface area contributed by atoms with E-state index >= 15 is 0 Å².